The number of benzene rings is 1. The highest BCUT2D eigenvalue weighted by molar-refractivity contribution is 6.09. The second-order valence-corrected chi connectivity index (χ2v) is 3.71. The van der Waals surface area contributed by atoms with Gasteiger partial charge in [-0.1, -0.05) is 43.3 Å². The summed E-state index contributed by atoms with van der Waals surface area (Å²) < 4.78 is 0. The molecule has 0 aliphatic carbocycles. The summed E-state index contributed by atoms with van der Waals surface area (Å²) in [6.45, 7) is 6.07. The molecule has 0 saturated heterocycles. The Labute approximate surface area is 97.2 Å². The molecule has 0 aliphatic heterocycles. The van der Waals surface area contributed by atoms with Crippen molar-refractivity contribution in [1.29, 1.82) is 5.41 Å². The molecule has 2 nitrogen and oxygen atoms in total. The summed E-state index contributed by atoms with van der Waals surface area (Å²) in [7, 11) is 0. The van der Waals surface area contributed by atoms with Crippen LogP contribution in [0, 0.1) is 5.41 Å². The summed E-state index contributed by atoms with van der Waals surface area (Å²) in [5, 5.41) is 7.87. The van der Waals surface area contributed by atoms with Crippen molar-refractivity contribution in [3.63, 3.8) is 0 Å². The molecule has 0 heterocycles. The zero-order valence-corrected chi connectivity index (χ0v) is 10.1. The molecule has 0 saturated carbocycles. The first-order chi connectivity index (χ1) is 7.65. The molecule has 0 aromatic heterocycles. The molecular formula is C14H18N2. The van der Waals surface area contributed by atoms with Crippen molar-refractivity contribution >= 4 is 11.5 Å². The lowest BCUT2D eigenvalue weighted by Crippen LogP contribution is -2.01. The van der Waals surface area contributed by atoms with E-state index in [0.717, 1.165) is 23.3 Å². The van der Waals surface area contributed by atoms with Gasteiger partial charge in [-0.25, -0.2) is 4.99 Å². The van der Waals surface area contributed by atoms with Crippen LogP contribution < -0.4 is 0 Å². The molecule has 0 atom stereocenters. The van der Waals surface area contributed by atoms with E-state index in [9.17, 15) is 0 Å². The van der Waals surface area contributed by atoms with E-state index in [1.165, 1.54) is 0 Å². The minimum absolute atomic E-state index is 0.321. The Morgan fingerprint density at radius 2 is 1.88 bits per heavy atom. The van der Waals surface area contributed by atoms with Crippen LogP contribution in [-0.4, -0.2) is 11.5 Å². The standard InChI is InChI=1S/C14H18N2/c1-4-8-11(2)12(3)16-14(15)13-9-6-5-7-10-13/h5-10,15H,4H2,1-3H3/b11-8-,15-14?,16-12?. The molecular weight excluding hydrogens is 196 g/mol. The predicted molar refractivity (Wildman–Crippen MR) is 70.4 cm³/mol. The monoisotopic (exact) mass is 214 g/mol. The molecule has 0 aliphatic rings. The summed E-state index contributed by atoms with van der Waals surface area (Å²) in [6.07, 6.45) is 3.12. The van der Waals surface area contributed by atoms with Gasteiger partial charge in [0, 0.05) is 11.3 Å². The maximum atomic E-state index is 7.87. The van der Waals surface area contributed by atoms with Gasteiger partial charge in [0.05, 0.1) is 0 Å². The molecule has 1 aromatic carbocycles. The Morgan fingerprint density at radius 3 is 2.44 bits per heavy atom. The minimum atomic E-state index is 0.321. The van der Waals surface area contributed by atoms with Crippen LogP contribution in [0.3, 0.4) is 0 Å². The first kappa shape index (κ1) is 12.4. The third-order valence-corrected chi connectivity index (χ3v) is 2.41. The molecule has 0 spiro atoms. The molecule has 0 unspecified atom stereocenters. The third-order valence-electron chi connectivity index (χ3n) is 2.41. The zero-order valence-electron chi connectivity index (χ0n) is 10.1. The average Bonchev–Trinajstić information content (AvgIpc) is 2.30. The van der Waals surface area contributed by atoms with Crippen LogP contribution in [0.5, 0.6) is 0 Å². The maximum absolute atomic E-state index is 7.87. The van der Waals surface area contributed by atoms with Crippen molar-refractivity contribution in [2.75, 3.05) is 0 Å². The number of nitrogens with zero attached hydrogens (tertiary/aromatic N) is 1. The number of aliphatic imine (C=N–C) groups is 1. The average molecular weight is 214 g/mol. The van der Waals surface area contributed by atoms with Crippen molar-refractivity contribution in [3.05, 3.63) is 47.5 Å². The SMILES string of the molecule is CC/C=C(/C)C(C)=NC(=N)c1ccccc1. The van der Waals surface area contributed by atoms with Crippen molar-refractivity contribution in [3.8, 4) is 0 Å². The molecule has 2 heteroatoms. The van der Waals surface area contributed by atoms with Gasteiger partial charge in [-0.15, -0.1) is 0 Å². The lowest BCUT2D eigenvalue weighted by atomic mass is 10.1. The Balaban J connectivity index is 2.85. The first-order valence-electron chi connectivity index (χ1n) is 5.51. The zero-order chi connectivity index (χ0) is 12.0. The number of hydrogen-bond acceptors (Lipinski definition) is 1. The van der Waals surface area contributed by atoms with Gasteiger partial charge in [0.1, 0.15) is 0 Å². The molecule has 16 heavy (non-hydrogen) atoms. The number of nitrogens with one attached hydrogen (secondary N) is 1. The first-order valence-corrected chi connectivity index (χ1v) is 5.51. The van der Waals surface area contributed by atoms with Gasteiger partial charge >= 0.3 is 0 Å². The van der Waals surface area contributed by atoms with Crippen LogP contribution in [-0.2, 0) is 0 Å². The lowest BCUT2D eigenvalue weighted by Gasteiger charge is -2.02. The van der Waals surface area contributed by atoms with Crippen molar-refractivity contribution in [2.24, 2.45) is 4.99 Å². The van der Waals surface area contributed by atoms with E-state index in [0.29, 0.717) is 5.84 Å². The Morgan fingerprint density at radius 1 is 1.25 bits per heavy atom. The van der Waals surface area contributed by atoms with E-state index >= 15 is 0 Å². The van der Waals surface area contributed by atoms with Gasteiger partial charge in [0.15, 0.2) is 5.84 Å². The maximum Gasteiger partial charge on any atom is 0.152 e. The van der Waals surface area contributed by atoms with Gasteiger partial charge in [0.25, 0.3) is 0 Å². The molecule has 1 aromatic rings. The van der Waals surface area contributed by atoms with E-state index in [1.54, 1.807) is 0 Å². The van der Waals surface area contributed by atoms with E-state index in [-0.39, 0.29) is 0 Å². The highest BCUT2D eigenvalue weighted by atomic mass is 14.8. The van der Waals surface area contributed by atoms with Crippen molar-refractivity contribution in [1.82, 2.24) is 0 Å². The highest BCUT2D eigenvalue weighted by Crippen LogP contribution is 2.04. The number of rotatable bonds is 3. The van der Waals surface area contributed by atoms with Gasteiger partial charge in [0.2, 0.25) is 0 Å². The van der Waals surface area contributed by atoms with Gasteiger partial charge in [-0.05, 0) is 25.8 Å². The Hall–Kier alpha value is -1.70. The molecule has 1 rings (SSSR count). The normalized spacial score (nSPS) is 12.7. The second kappa shape index (κ2) is 6.01. The summed E-state index contributed by atoms with van der Waals surface area (Å²) >= 11 is 0. The quantitative estimate of drug-likeness (QED) is 0.586. The van der Waals surface area contributed by atoms with Gasteiger partial charge < -0.3 is 0 Å². The van der Waals surface area contributed by atoms with Crippen LogP contribution in [0.4, 0.5) is 0 Å². The second-order valence-electron chi connectivity index (χ2n) is 3.71. The van der Waals surface area contributed by atoms with Crippen LogP contribution in [0.1, 0.15) is 32.8 Å². The van der Waals surface area contributed by atoms with Crippen LogP contribution >= 0.6 is 0 Å². The van der Waals surface area contributed by atoms with Crippen LogP contribution in [0.25, 0.3) is 0 Å². The number of amidine groups is 1. The Kier molecular flexibility index (Phi) is 4.65. The smallest absolute Gasteiger partial charge is 0.152 e. The molecule has 0 bridgehead atoms. The summed E-state index contributed by atoms with van der Waals surface area (Å²) in [5.41, 5.74) is 2.91. The molecule has 0 amide bonds. The fourth-order valence-electron chi connectivity index (χ4n) is 1.37. The van der Waals surface area contributed by atoms with Crippen molar-refractivity contribution in [2.45, 2.75) is 27.2 Å². The minimum Gasteiger partial charge on any atom is -0.282 e. The summed E-state index contributed by atoms with van der Waals surface area (Å²) in [4.78, 5) is 4.30. The van der Waals surface area contributed by atoms with Crippen LogP contribution in [0.15, 0.2) is 47.0 Å². The molecule has 1 N–H and O–H groups in total. The lowest BCUT2D eigenvalue weighted by molar-refractivity contribution is 1.20. The summed E-state index contributed by atoms with van der Waals surface area (Å²) in [5.74, 6) is 0.321. The van der Waals surface area contributed by atoms with Crippen molar-refractivity contribution < 1.29 is 0 Å². The Bertz CT molecular complexity index is 414. The molecule has 84 valence electrons. The van der Waals surface area contributed by atoms with Gasteiger partial charge in [-0.3, -0.25) is 5.41 Å². The fraction of sp³-hybridized carbons (Fsp3) is 0.286. The number of hydrogen-bond donors (Lipinski definition) is 1. The molecule has 0 radical (unpaired) electrons. The largest absolute Gasteiger partial charge is 0.282 e. The van der Waals surface area contributed by atoms with Gasteiger partial charge in [-0.2, -0.15) is 0 Å². The topological polar surface area (TPSA) is 36.2 Å². The number of allylic oxidation sites excluding steroid dienone is 2. The van der Waals surface area contributed by atoms with E-state index in [2.05, 4.69) is 18.0 Å². The highest BCUT2D eigenvalue weighted by Gasteiger charge is 2.00. The van der Waals surface area contributed by atoms with E-state index in [1.807, 2.05) is 44.2 Å². The third kappa shape index (κ3) is 3.46. The summed E-state index contributed by atoms with van der Waals surface area (Å²) in [6, 6.07) is 9.58. The fourth-order valence-corrected chi connectivity index (χ4v) is 1.37. The molecule has 0 fully saturated rings. The predicted octanol–water partition coefficient (Wildman–Crippen LogP) is 3.83. The van der Waals surface area contributed by atoms with E-state index < -0.39 is 0 Å². The van der Waals surface area contributed by atoms with E-state index in [4.69, 9.17) is 5.41 Å². The van der Waals surface area contributed by atoms with Crippen LogP contribution in [0.2, 0.25) is 0 Å².